The Morgan fingerprint density at radius 1 is 0.889 bits per heavy atom. The first-order valence-electron chi connectivity index (χ1n) is 8.92. The number of hydrogen-bond donors (Lipinski definition) is 2. The molecule has 0 unspecified atom stereocenters. The number of carbonyl (C=O) groups excluding carboxylic acids is 1. The van der Waals surface area contributed by atoms with Crippen LogP contribution in [0.5, 0.6) is 0 Å². The molecule has 1 aromatic carbocycles. The van der Waals surface area contributed by atoms with E-state index < -0.39 is 0 Å². The van der Waals surface area contributed by atoms with Gasteiger partial charge in [-0.25, -0.2) is 9.78 Å². The molecule has 0 saturated heterocycles. The summed E-state index contributed by atoms with van der Waals surface area (Å²) in [4.78, 5) is 20.5. The van der Waals surface area contributed by atoms with Crippen LogP contribution in [0.25, 0.3) is 0 Å². The minimum absolute atomic E-state index is 0.000489. The molecule has 5 nitrogen and oxygen atoms in total. The van der Waals surface area contributed by atoms with Gasteiger partial charge >= 0.3 is 6.03 Å². The van der Waals surface area contributed by atoms with E-state index in [0.29, 0.717) is 5.82 Å². The predicted octanol–water partition coefficient (Wildman–Crippen LogP) is 5.01. The lowest BCUT2D eigenvalue weighted by molar-refractivity contribution is 0.262. The molecule has 2 aromatic heterocycles. The third kappa shape index (κ3) is 5.38. The van der Waals surface area contributed by atoms with Crippen molar-refractivity contribution in [2.24, 2.45) is 0 Å². The summed E-state index contributed by atoms with van der Waals surface area (Å²) >= 11 is 0. The molecule has 0 saturated carbocycles. The highest BCUT2D eigenvalue weighted by atomic mass is 16.2. The maximum atomic E-state index is 12.2. The number of anilines is 2. The van der Waals surface area contributed by atoms with Gasteiger partial charge in [0, 0.05) is 24.3 Å². The standard InChI is InChI=1S/C22H24N4O/c1-22(2,3)18-10-13-24-20(15-18)26-21(27)25-19-6-4-16(5-7-19)14-17-8-11-23-12-9-17/h4-13,15H,14H2,1-3H3,(H2,24,25,26,27). The largest absolute Gasteiger partial charge is 0.324 e. The summed E-state index contributed by atoms with van der Waals surface area (Å²) < 4.78 is 0. The van der Waals surface area contributed by atoms with Gasteiger partial charge in [0.2, 0.25) is 0 Å². The van der Waals surface area contributed by atoms with Crippen LogP contribution in [0.3, 0.4) is 0 Å². The van der Waals surface area contributed by atoms with E-state index in [1.165, 1.54) is 11.1 Å². The van der Waals surface area contributed by atoms with Gasteiger partial charge in [0.25, 0.3) is 0 Å². The number of benzene rings is 1. The fraction of sp³-hybridized carbons (Fsp3) is 0.227. The van der Waals surface area contributed by atoms with Crippen molar-refractivity contribution in [3.05, 3.63) is 83.8 Å². The summed E-state index contributed by atoms with van der Waals surface area (Å²) in [5, 5.41) is 5.63. The highest BCUT2D eigenvalue weighted by Crippen LogP contribution is 2.23. The van der Waals surface area contributed by atoms with Crippen LogP contribution in [-0.4, -0.2) is 16.0 Å². The van der Waals surface area contributed by atoms with Gasteiger partial charge in [-0.3, -0.25) is 10.3 Å². The van der Waals surface area contributed by atoms with Crippen molar-refractivity contribution in [3.63, 3.8) is 0 Å². The molecule has 0 bridgehead atoms. The van der Waals surface area contributed by atoms with Crippen molar-refractivity contribution in [1.29, 1.82) is 0 Å². The summed E-state index contributed by atoms with van der Waals surface area (Å²) in [6.45, 7) is 6.37. The highest BCUT2D eigenvalue weighted by molar-refractivity contribution is 5.99. The van der Waals surface area contributed by atoms with Gasteiger partial charge in [-0.15, -0.1) is 0 Å². The maximum Gasteiger partial charge on any atom is 0.324 e. The molecule has 0 fully saturated rings. The number of aromatic nitrogens is 2. The molecule has 0 aliphatic heterocycles. The number of pyridine rings is 2. The molecular formula is C22H24N4O. The van der Waals surface area contributed by atoms with Gasteiger partial charge in [-0.2, -0.15) is 0 Å². The van der Waals surface area contributed by atoms with Crippen LogP contribution in [0.1, 0.15) is 37.5 Å². The second-order valence-electron chi connectivity index (χ2n) is 7.49. The lowest BCUT2D eigenvalue weighted by Gasteiger charge is -2.19. The van der Waals surface area contributed by atoms with Gasteiger partial charge < -0.3 is 5.32 Å². The van der Waals surface area contributed by atoms with Gasteiger partial charge in [0.05, 0.1) is 0 Å². The van der Waals surface area contributed by atoms with Crippen molar-refractivity contribution in [1.82, 2.24) is 9.97 Å². The van der Waals surface area contributed by atoms with Gasteiger partial charge in [-0.1, -0.05) is 32.9 Å². The van der Waals surface area contributed by atoms with E-state index in [2.05, 4.69) is 41.4 Å². The molecule has 3 rings (SSSR count). The lowest BCUT2D eigenvalue weighted by atomic mass is 9.88. The third-order valence-corrected chi connectivity index (χ3v) is 4.24. The molecule has 0 spiro atoms. The first-order chi connectivity index (χ1) is 12.9. The molecule has 0 atom stereocenters. The Morgan fingerprint density at radius 2 is 1.56 bits per heavy atom. The van der Waals surface area contributed by atoms with Crippen LogP contribution >= 0.6 is 0 Å². The topological polar surface area (TPSA) is 66.9 Å². The second kappa shape index (κ2) is 7.99. The van der Waals surface area contributed by atoms with Crippen molar-refractivity contribution in [2.45, 2.75) is 32.6 Å². The smallest absolute Gasteiger partial charge is 0.308 e. The van der Waals surface area contributed by atoms with Crippen LogP contribution in [0.2, 0.25) is 0 Å². The van der Waals surface area contributed by atoms with Crippen molar-refractivity contribution < 1.29 is 4.79 Å². The zero-order valence-corrected chi connectivity index (χ0v) is 15.9. The van der Waals surface area contributed by atoms with E-state index >= 15 is 0 Å². The Hall–Kier alpha value is -3.21. The van der Waals surface area contributed by atoms with Crippen LogP contribution in [0.15, 0.2) is 67.1 Å². The fourth-order valence-electron chi connectivity index (χ4n) is 2.69. The minimum atomic E-state index is -0.310. The van der Waals surface area contributed by atoms with Crippen LogP contribution in [0, 0.1) is 0 Å². The number of nitrogens with one attached hydrogen (secondary N) is 2. The number of carbonyl (C=O) groups is 1. The first kappa shape index (κ1) is 18.6. The quantitative estimate of drug-likeness (QED) is 0.687. The average Bonchev–Trinajstić information content (AvgIpc) is 2.64. The average molecular weight is 360 g/mol. The van der Waals surface area contributed by atoms with E-state index in [-0.39, 0.29) is 11.4 Å². The molecule has 2 N–H and O–H groups in total. The SMILES string of the molecule is CC(C)(C)c1ccnc(NC(=O)Nc2ccc(Cc3ccncc3)cc2)c1. The summed E-state index contributed by atoms with van der Waals surface area (Å²) in [6.07, 6.45) is 6.12. The van der Waals surface area contributed by atoms with E-state index in [9.17, 15) is 4.79 Å². The van der Waals surface area contributed by atoms with Gasteiger partial charge in [-0.05, 0) is 64.9 Å². The Labute approximate surface area is 159 Å². The van der Waals surface area contributed by atoms with E-state index in [0.717, 1.165) is 17.7 Å². The first-order valence-corrected chi connectivity index (χ1v) is 8.92. The lowest BCUT2D eigenvalue weighted by Crippen LogP contribution is -2.21. The fourth-order valence-corrected chi connectivity index (χ4v) is 2.69. The zero-order valence-electron chi connectivity index (χ0n) is 15.9. The molecule has 0 aliphatic rings. The number of rotatable bonds is 4. The highest BCUT2D eigenvalue weighted by Gasteiger charge is 2.14. The number of hydrogen-bond acceptors (Lipinski definition) is 3. The molecule has 2 amide bonds. The molecule has 3 aromatic rings. The monoisotopic (exact) mass is 360 g/mol. The molecule has 138 valence electrons. The molecule has 27 heavy (non-hydrogen) atoms. The molecule has 2 heterocycles. The summed E-state index contributed by atoms with van der Waals surface area (Å²) in [5.74, 6) is 0.536. The molecule has 0 aliphatic carbocycles. The van der Waals surface area contributed by atoms with E-state index in [1.807, 2.05) is 48.5 Å². The summed E-state index contributed by atoms with van der Waals surface area (Å²) in [6, 6.07) is 15.4. The van der Waals surface area contributed by atoms with Gasteiger partial charge in [0.15, 0.2) is 0 Å². The zero-order chi connectivity index (χ0) is 19.3. The minimum Gasteiger partial charge on any atom is -0.308 e. The van der Waals surface area contributed by atoms with Crippen LogP contribution < -0.4 is 10.6 Å². The summed E-state index contributed by atoms with van der Waals surface area (Å²) in [7, 11) is 0. The van der Waals surface area contributed by atoms with Gasteiger partial charge in [0.1, 0.15) is 5.82 Å². The number of urea groups is 1. The second-order valence-corrected chi connectivity index (χ2v) is 7.49. The Bertz CT molecular complexity index is 900. The number of amides is 2. The number of nitrogens with zero attached hydrogens (tertiary/aromatic N) is 2. The Kier molecular flexibility index (Phi) is 5.50. The third-order valence-electron chi connectivity index (χ3n) is 4.24. The molecule has 0 radical (unpaired) electrons. The van der Waals surface area contributed by atoms with Crippen molar-refractivity contribution >= 4 is 17.5 Å². The van der Waals surface area contributed by atoms with Crippen molar-refractivity contribution in [2.75, 3.05) is 10.6 Å². The molecule has 5 heteroatoms. The van der Waals surface area contributed by atoms with Crippen LogP contribution in [-0.2, 0) is 11.8 Å². The van der Waals surface area contributed by atoms with E-state index in [1.54, 1.807) is 18.6 Å². The predicted molar refractivity (Wildman–Crippen MR) is 109 cm³/mol. The van der Waals surface area contributed by atoms with Crippen LogP contribution in [0.4, 0.5) is 16.3 Å². The Morgan fingerprint density at radius 3 is 2.22 bits per heavy atom. The molecular weight excluding hydrogens is 336 g/mol. The summed E-state index contributed by atoms with van der Waals surface area (Å²) in [5.41, 5.74) is 4.23. The normalized spacial score (nSPS) is 11.1. The van der Waals surface area contributed by atoms with Crippen molar-refractivity contribution in [3.8, 4) is 0 Å². The maximum absolute atomic E-state index is 12.2. The van der Waals surface area contributed by atoms with E-state index in [4.69, 9.17) is 0 Å². The Balaban J connectivity index is 1.60.